The van der Waals surface area contributed by atoms with Gasteiger partial charge in [-0.05, 0) is 15.9 Å². The second-order valence-corrected chi connectivity index (χ2v) is 5.25. The van der Waals surface area contributed by atoms with Crippen LogP contribution in [0.3, 0.4) is 0 Å². The molecule has 50 valence electrons. The molecule has 3 nitrogen and oxygen atoms in total. The van der Waals surface area contributed by atoms with Crippen molar-refractivity contribution in [3.8, 4) is 0 Å². The minimum Gasteiger partial charge on any atom is -0.281 e. The molecule has 0 saturated carbocycles. The van der Waals surface area contributed by atoms with E-state index in [9.17, 15) is 12.8 Å². The van der Waals surface area contributed by atoms with E-state index >= 15 is 0 Å². The number of alkyl halides is 3. The summed E-state index contributed by atoms with van der Waals surface area (Å²) >= 11 is 6.28. The molecule has 0 amide bonds. The summed E-state index contributed by atoms with van der Waals surface area (Å²) in [5.74, 6) is 0. The molecule has 0 aromatic heterocycles. The van der Waals surface area contributed by atoms with Gasteiger partial charge in [0.2, 0.25) is 0 Å². The maximum Gasteiger partial charge on any atom is 0.362 e. The Bertz CT molecular complexity index is 168. The van der Waals surface area contributed by atoms with Gasteiger partial charge in [0.1, 0.15) is 0 Å². The molecule has 7 heteroatoms. The van der Waals surface area contributed by atoms with Gasteiger partial charge in [-0.15, -0.1) is 0 Å². The molecule has 1 N–H and O–H groups in total. The first-order valence-corrected chi connectivity index (χ1v) is 3.90. The summed E-state index contributed by atoms with van der Waals surface area (Å²) in [6.45, 7) is 0. The van der Waals surface area contributed by atoms with Gasteiger partial charge in [-0.25, -0.2) is 0 Å². The molecule has 1 atom stereocenters. The van der Waals surface area contributed by atoms with Gasteiger partial charge in [-0.1, -0.05) is 11.6 Å². The second-order valence-electron chi connectivity index (χ2n) is 0.921. The van der Waals surface area contributed by atoms with Crippen molar-refractivity contribution < 1.29 is 17.4 Å². The SMILES string of the molecule is O=S(=O)(O)C(F)(Cl)Br. The Morgan fingerprint density at radius 2 is 1.88 bits per heavy atom. The van der Waals surface area contributed by atoms with Crippen molar-refractivity contribution in [1.29, 1.82) is 0 Å². The van der Waals surface area contributed by atoms with Crippen molar-refractivity contribution in [3.63, 3.8) is 0 Å². The molecule has 0 aliphatic rings. The van der Waals surface area contributed by atoms with Crippen molar-refractivity contribution in [3.05, 3.63) is 0 Å². The maximum absolute atomic E-state index is 11.7. The average molecular weight is 227 g/mol. The molecular weight excluding hydrogens is 226 g/mol. The first-order chi connectivity index (χ1) is 3.25. The molecule has 0 aliphatic heterocycles. The van der Waals surface area contributed by atoms with E-state index in [2.05, 4.69) is 11.6 Å². The normalized spacial score (nSPS) is 20.0. The molecule has 0 rings (SSSR count). The fraction of sp³-hybridized carbons (Fsp3) is 1.00. The first-order valence-electron chi connectivity index (χ1n) is 1.29. The predicted molar refractivity (Wildman–Crippen MR) is 30.2 cm³/mol. The van der Waals surface area contributed by atoms with Crippen LogP contribution < -0.4 is 0 Å². The van der Waals surface area contributed by atoms with Crippen LogP contribution in [0.25, 0.3) is 0 Å². The molecule has 0 spiro atoms. The minimum atomic E-state index is -4.82. The van der Waals surface area contributed by atoms with Crippen LogP contribution in [0.5, 0.6) is 0 Å². The molecule has 0 bridgehead atoms. The van der Waals surface area contributed by atoms with Gasteiger partial charge < -0.3 is 0 Å². The van der Waals surface area contributed by atoms with Gasteiger partial charge in [0.25, 0.3) is 0 Å². The second kappa shape index (κ2) is 2.09. The van der Waals surface area contributed by atoms with E-state index in [1.165, 1.54) is 0 Å². The average Bonchev–Trinajstić information content (AvgIpc) is 1.25. The highest BCUT2D eigenvalue weighted by atomic mass is 79.9. The summed E-state index contributed by atoms with van der Waals surface area (Å²) in [5.41, 5.74) is 0. The largest absolute Gasteiger partial charge is 0.362 e. The predicted octanol–water partition coefficient (Wildman–Crippen LogP) is 1.09. The van der Waals surface area contributed by atoms with Crippen molar-refractivity contribution in [2.24, 2.45) is 0 Å². The Hall–Kier alpha value is 0.610. The molecule has 0 fully saturated rings. The maximum atomic E-state index is 11.7. The molecule has 0 aromatic carbocycles. The van der Waals surface area contributed by atoms with E-state index in [4.69, 9.17) is 4.55 Å². The highest BCUT2D eigenvalue weighted by molar-refractivity contribution is 9.12. The lowest BCUT2D eigenvalue weighted by atomic mass is 11.8. The first kappa shape index (κ1) is 8.61. The lowest BCUT2D eigenvalue weighted by molar-refractivity contribution is 0.416. The minimum absolute atomic E-state index is 1.86. The highest BCUT2D eigenvalue weighted by Crippen LogP contribution is 2.30. The van der Waals surface area contributed by atoms with Crippen molar-refractivity contribution in [2.75, 3.05) is 0 Å². The van der Waals surface area contributed by atoms with Crippen LogP contribution in [-0.2, 0) is 10.1 Å². The van der Waals surface area contributed by atoms with Crippen LogP contribution in [0.4, 0.5) is 4.39 Å². The lowest BCUT2D eigenvalue weighted by Crippen LogP contribution is -2.18. The summed E-state index contributed by atoms with van der Waals surface area (Å²) in [6, 6.07) is 0. The Morgan fingerprint density at radius 3 is 1.88 bits per heavy atom. The molecule has 0 aliphatic carbocycles. The van der Waals surface area contributed by atoms with Gasteiger partial charge in [0.15, 0.2) is 0 Å². The summed E-state index contributed by atoms with van der Waals surface area (Å²) in [6.07, 6.45) is 0. The van der Waals surface area contributed by atoms with Crippen LogP contribution in [0.2, 0.25) is 0 Å². The lowest BCUT2D eigenvalue weighted by Gasteiger charge is -2.01. The fourth-order valence-electron chi connectivity index (χ4n) is 0. The third-order valence-corrected chi connectivity index (χ3v) is 2.69. The van der Waals surface area contributed by atoms with E-state index in [0.717, 1.165) is 0 Å². The summed E-state index contributed by atoms with van der Waals surface area (Å²) in [5, 5.41) is 0. The Labute approximate surface area is 58.7 Å². The zero-order valence-electron chi connectivity index (χ0n) is 3.31. The van der Waals surface area contributed by atoms with Crippen LogP contribution in [0, 0.1) is 0 Å². The zero-order valence-corrected chi connectivity index (χ0v) is 6.46. The Balaban J connectivity index is 4.53. The fourth-order valence-corrected chi connectivity index (χ4v) is 0. The van der Waals surface area contributed by atoms with Gasteiger partial charge >= 0.3 is 13.5 Å². The van der Waals surface area contributed by atoms with Crippen LogP contribution >= 0.6 is 27.5 Å². The van der Waals surface area contributed by atoms with Crippen molar-refractivity contribution in [2.45, 2.75) is 3.37 Å². The molecule has 8 heavy (non-hydrogen) atoms. The summed E-state index contributed by atoms with van der Waals surface area (Å²) < 4.78 is 35.6. The van der Waals surface area contributed by atoms with Crippen molar-refractivity contribution >= 4 is 37.6 Å². The van der Waals surface area contributed by atoms with E-state index in [1.807, 2.05) is 15.9 Å². The van der Waals surface area contributed by atoms with Crippen LogP contribution in [0.1, 0.15) is 0 Å². The molecule has 1 unspecified atom stereocenters. The van der Waals surface area contributed by atoms with Crippen LogP contribution in [0.15, 0.2) is 0 Å². The third-order valence-electron chi connectivity index (χ3n) is 0.292. The number of hydrogen-bond acceptors (Lipinski definition) is 2. The molecule has 0 heterocycles. The third kappa shape index (κ3) is 2.25. The van der Waals surface area contributed by atoms with Gasteiger partial charge in [-0.3, -0.25) is 4.55 Å². The molecule has 0 aromatic rings. The summed E-state index contributed by atoms with van der Waals surface area (Å²) in [7, 11) is -4.82. The zero-order chi connectivity index (χ0) is 7.00. The van der Waals surface area contributed by atoms with Gasteiger partial charge in [-0.2, -0.15) is 12.8 Å². The smallest absolute Gasteiger partial charge is 0.281 e. The topological polar surface area (TPSA) is 54.4 Å². The monoisotopic (exact) mass is 226 g/mol. The van der Waals surface area contributed by atoms with E-state index < -0.39 is 13.5 Å². The standard InChI is InChI=1S/CHBrClFO3S/c2-1(3,4)8(5,6)7/h(H,5,6,7). The van der Waals surface area contributed by atoms with Gasteiger partial charge in [0.05, 0.1) is 0 Å². The van der Waals surface area contributed by atoms with E-state index in [1.54, 1.807) is 0 Å². The Morgan fingerprint density at radius 1 is 1.75 bits per heavy atom. The van der Waals surface area contributed by atoms with Gasteiger partial charge in [0, 0.05) is 0 Å². The molecule has 0 radical (unpaired) electrons. The number of rotatable bonds is 1. The summed E-state index contributed by atoms with van der Waals surface area (Å²) in [4.78, 5) is 0. The molecular formula is CHBrClFO3S. The highest BCUT2D eigenvalue weighted by Gasteiger charge is 2.37. The Kier molecular flexibility index (Phi) is 2.25. The molecule has 0 saturated heterocycles. The van der Waals surface area contributed by atoms with Crippen LogP contribution in [-0.4, -0.2) is 16.3 Å². The van der Waals surface area contributed by atoms with E-state index in [-0.39, 0.29) is 0 Å². The number of hydrogen-bond donors (Lipinski definition) is 1. The quantitative estimate of drug-likeness (QED) is 0.539. The number of halogens is 3. The van der Waals surface area contributed by atoms with Crippen molar-refractivity contribution in [1.82, 2.24) is 0 Å². The van der Waals surface area contributed by atoms with E-state index in [0.29, 0.717) is 0 Å².